The molecule has 0 aliphatic heterocycles. The third-order valence-electron chi connectivity index (χ3n) is 6.15. The molecule has 3 rings (SSSR count). The summed E-state index contributed by atoms with van der Waals surface area (Å²) in [5.74, 6) is -1.21. The van der Waals surface area contributed by atoms with Gasteiger partial charge in [0.25, 0.3) is 0 Å². The van der Waals surface area contributed by atoms with Gasteiger partial charge in [-0.05, 0) is 29.0 Å². The summed E-state index contributed by atoms with van der Waals surface area (Å²) in [4.78, 5) is 56.6. The van der Waals surface area contributed by atoms with E-state index in [0.29, 0.717) is 6.42 Å². The van der Waals surface area contributed by atoms with Crippen molar-refractivity contribution in [2.45, 2.75) is 52.0 Å². The molecule has 0 aliphatic carbocycles. The van der Waals surface area contributed by atoms with Crippen molar-refractivity contribution < 1.29 is 28.8 Å². The Morgan fingerprint density at radius 1 is 0.805 bits per heavy atom. The van der Waals surface area contributed by atoms with E-state index in [0.717, 1.165) is 23.0 Å². The highest BCUT2D eigenvalue weighted by molar-refractivity contribution is 5.99. The van der Waals surface area contributed by atoms with E-state index in [1.54, 1.807) is 0 Å². The van der Waals surface area contributed by atoms with Gasteiger partial charge >= 0.3 is 6.09 Å². The van der Waals surface area contributed by atoms with Crippen LogP contribution in [0.1, 0.15) is 37.0 Å². The third kappa shape index (κ3) is 11.4. The van der Waals surface area contributed by atoms with Gasteiger partial charge in [0.2, 0.25) is 11.8 Å². The molecule has 0 saturated carbocycles. The average molecular weight is 560 g/mol. The zero-order chi connectivity index (χ0) is 29.5. The Labute approximate surface area is 240 Å². The summed E-state index contributed by atoms with van der Waals surface area (Å²) in [5, 5.41) is 6.23. The molecule has 41 heavy (non-hydrogen) atoms. The van der Waals surface area contributed by atoms with Gasteiger partial charge in [0, 0.05) is 6.42 Å². The van der Waals surface area contributed by atoms with Crippen molar-refractivity contribution in [3.05, 3.63) is 108 Å². The number of carbonyl (C=O) groups is 4. The zero-order valence-corrected chi connectivity index (χ0v) is 23.4. The van der Waals surface area contributed by atoms with E-state index < -0.39 is 30.0 Å². The van der Waals surface area contributed by atoms with Crippen LogP contribution in [0.5, 0.6) is 0 Å². The first-order chi connectivity index (χ1) is 19.8. The topological polar surface area (TPSA) is 114 Å². The minimum absolute atomic E-state index is 0.0297. The van der Waals surface area contributed by atoms with E-state index in [-0.39, 0.29) is 32.1 Å². The molecule has 0 aromatic heterocycles. The van der Waals surface area contributed by atoms with Crippen molar-refractivity contribution in [3.63, 3.8) is 0 Å². The molecule has 0 unspecified atom stereocenters. The second kappa shape index (κ2) is 16.7. The van der Waals surface area contributed by atoms with Crippen molar-refractivity contribution in [2.75, 3.05) is 6.54 Å². The number of amides is 3. The molecule has 0 spiro atoms. The lowest BCUT2D eigenvalue weighted by molar-refractivity contribution is -0.197. The smallest absolute Gasteiger partial charge is 0.408 e. The highest BCUT2D eigenvalue weighted by Crippen LogP contribution is 2.13. The lowest BCUT2D eigenvalue weighted by Crippen LogP contribution is -2.52. The van der Waals surface area contributed by atoms with Crippen molar-refractivity contribution in [2.24, 2.45) is 5.92 Å². The fraction of sp³-hybridized carbons (Fsp3) is 0.312. The molecular formula is C32H37N3O6. The van der Waals surface area contributed by atoms with Gasteiger partial charge in [-0.25, -0.2) is 4.79 Å². The molecule has 9 heteroatoms. The van der Waals surface area contributed by atoms with E-state index in [1.165, 1.54) is 5.06 Å². The molecular weight excluding hydrogens is 522 g/mol. The maximum atomic E-state index is 13.2. The Hall–Kier alpha value is -4.34. The lowest BCUT2D eigenvalue weighted by atomic mass is 10.0. The molecule has 0 radical (unpaired) electrons. The average Bonchev–Trinajstić information content (AvgIpc) is 2.98. The van der Waals surface area contributed by atoms with Crippen LogP contribution in [-0.4, -0.2) is 47.9 Å². The molecule has 3 amide bonds. The molecule has 0 saturated heterocycles. The van der Waals surface area contributed by atoms with Gasteiger partial charge in [-0.1, -0.05) is 105 Å². The molecule has 0 bridgehead atoms. The minimum Gasteiger partial charge on any atom is -0.445 e. The summed E-state index contributed by atoms with van der Waals surface area (Å²) in [6, 6.07) is 25.8. The van der Waals surface area contributed by atoms with Gasteiger partial charge in [0.05, 0.1) is 12.6 Å². The number of carbonyl (C=O) groups excluding carboxylic acids is 4. The fourth-order valence-corrected chi connectivity index (χ4v) is 4.09. The predicted molar refractivity (Wildman–Crippen MR) is 154 cm³/mol. The number of imide groups is 1. The Kier molecular flexibility index (Phi) is 12.7. The molecule has 2 N–H and O–H groups in total. The molecule has 216 valence electrons. The molecule has 0 heterocycles. The summed E-state index contributed by atoms with van der Waals surface area (Å²) in [7, 11) is 0. The van der Waals surface area contributed by atoms with E-state index in [4.69, 9.17) is 9.57 Å². The standard InChI is InChI=1S/C32H37N3O6/c1-24(2)18-28(21-36)35(41-23-27-16-10-5-11-17-27)20-30(37)34-31(38)29(19-25-12-6-3-7-13-25)33-32(39)40-22-26-14-8-4-9-15-26/h3-17,21,24,28-29H,18-20,22-23H2,1-2H3,(H,33,39)(H,34,37,38)/t28-,29+/m0/s1. The monoisotopic (exact) mass is 559 g/mol. The highest BCUT2D eigenvalue weighted by Gasteiger charge is 2.27. The second-order valence-electron chi connectivity index (χ2n) is 10.0. The quantitative estimate of drug-likeness (QED) is 0.212. The number of alkyl carbamates (subject to hydrolysis) is 1. The first-order valence-corrected chi connectivity index (χ1v) is 13.6. The van der Waals surface area contributed by atoms with Gasteiger partial charge in [-0.15, -0.1) is 0 Å². The summed E-state index contributed by atoms with van der Waals surface area (Å²) in [6.45, 7) is 3.75. The summed E-state index contributed by atoms with van der Waals surface area (Å²) in [5.41, 5.74) is 2.45. The van der Waals surface area contributed by atoms with Crippen LogP contribution in [0.3, 0.4) is 0 Å². The predicted octanol–water partition coefficient (Wildman–Crippen LogP) is 4.21. The second-order valence-corrected chi connectivity index (χ2v) is 10.0. The molecule has 3 aromatic rings. The maximum Gasteiger partial charge on any atom is 0.408 e. The van der Waals surface area contributed by atoms with Crippen LogP contribution < -0.4 is 10.6 Å². The van der Waals surface area contributed by atoms with E-state index in [9.17, 15) is 19.2 Å². The number of hydroxylamine groups is 2. The number of nitrogens with zero attached hydrogens (tertiary/aromatic N) is 1. The number of nitrogens with one attached hydrogen (secondary N) is 2. The van der Waals surface area contributed by atoms with Crippen LogP contribution in [-0.2, 0) is 43.6 Å². The Morgan fingerprint density at radius 3 is 1.88 bits per heavy atom. The molecule has 0 fully saturated rings. The normalized spacial score (nSPS) is 12.4. The fourth-order valence-electron chi connectivity index (χ4n) is 4.09. The maximum absolute atomic E-state index is 13.2. The van der Waals surface area contributed by atoms with Crippen molar-refractivity contribution in [1.29, 1.82) is 0 Å². The Balaban J connectivity index is 1.66. The van der Waals surface area contributed by atoms with Gasteiger partial charge < -0.3 is 14.8 Å². The van der Waals surface area contributed by atoms with Gasteiger partial charge in [0.15, 0.2) is 0 Å². The number of ether oxygens (including phenoxy) is 1. The molecule has 9 nitrogen and oxygen atoms in total. The van der Waals surface area contributed by atoms with Crippen molar-refractivity contribution >= 4 is 24.2 Å². The van der Waals surface area contributed by atoms with Crippen LogP contribution in [0.25, 0.3) is 0 Å². The van der Waals surface area contributed by atoms with E-state index in [1.807, 2.05) is 105 Å². The SMILES string of the molecule is CC(C)C[C@@H](C=O)N(CC(=O)NC(=O)[C@@H](Cc1ccccc1)NC(=O)OCc1ccccc1)OCc1ccccc1. The number of hydrogen-bond acceptors (Lipinski definition) is 7. The largest absolute Gasteiger partial charge is 0.445 e. The van der Waals surface area contributed by atoms with Crippen LogP contribution in [0.15, 0.2) is 91.0 Å². The first kappa shape index (κ1) is 31.2. The molecule has 2 atom stereocenters. The van der Waals surface area contributed by atoms with E-state index in [2.05, 4.69) is 10.6 Å². The zero-order valence-electron chi connectivity index (χ0n) is 23.4. The minimum atomic E-state index is -1.08. The van der Waals surface area contributed by atoms with Crippen molar-refractivity contribution in [1.82, 2.24) is 15.7 Å². The Morgan fingerprint density at radius 2 is 1.34 bits per heavy atom. The van der Waals surface area contributed by atoms with Gasteiger partial charge in [-0.3, -0.25) is 19.7 Å². The number of rotatable bonds is 15. The van der Waals surface area contributed by atoms with Crippen LogP contribution in [0, 0.1) is 5.92 Å². The van der Waals surface area contributed by atoms with Gasteiger partial charge in [0.1, 0.15) is 25.5 Å². The first-order valence-electron chi connectivity index (χ1n) is 13.6. The lowest BCUT2D eigenvalue weighted by Gasteiger charge is -2.28. The number of aldehydes is 1. The summed E-state index contributed by atoms with van der Waals surface area (Å²) >= 11 is 0. The van der Waals surface area contributed by atoms with Crippen LogP contribution in [0.2, 0.25) is 0 Å². The van der Waals surface area contributed by atoms with Crippen LogP contribution in [0.4, 0.5) is 4.79 Å². The number of hydrogen-bond donors (Lipinski definition) is 2. The van der Waals surface area contributed by atoms with E-state index >= 15 is 0 Å². The summed E-state index contributed by atoms with van der Waals surface area (Å²) in [6.07, 6.45) is 0.551. The third-order valence-corrected chi connectivity index (χ3v) is 6.15. The van der Waals surface area contributed by atoms with Gasteiger partial charge in [-0.2, -0.15) is 5.06 Å². The van der Waals surface area contributed by atoms with Crippen LogP contribution >= 0.6 is 0 Å². The molecule has 3 aromatic carbocycles. The van der Waals surface area contributed by atoms with Crippen molar-refractivity contribution in [3.8, 4) is 0 Å². The highest BCUT2D eigenvalue weighted by atomic mass is 16.7. The Bertz CT molecular complexity index is 1240. The number of benzene rings is 3. The molecule has 0 aliphatic rings. The summed E-state index contributed by atoms with van der Waals surface area (Å²) < 4.78 is 5.29.